The van der Waals surface area contributed by atoms with Gasteiger partial charge in [-0.15, -0.1) is 0 Å². The van der Waals surface area contributed by atoms with Crippen molar-refractivity contribution in [3.8, 4) is 0 Å². The van der Waals surface area contributed by atoms with Crippen LogP contribution in [0.25, 0.3) is 10.9 Å². The fraction of sp³-hybridized carbons (Fsp3) is 0.176. The molecule has 3 aromatic rings. The van der Waals surface area contributed by atoms with Gasteiger partial charge < -0.3 is 10.3 Å². The number of aromatic nitrogens is 2. The minimum absolute atomic E-state index is 0.0736. The van der Waals surface area contributed by atoms with Gasteiger partial charge in [-0.2, -0.15) is 0 Å². The average Bonchev–Trinajstić information content (AvgIpc) is 2.53. The predicted molar refractivity (Wildman–Crippen MR) is 82.9 cm³/mol. The largest absolute Gasteiger partial charge is 0.334 e. The highest BCUT2D eigenvalue weighted by molar-refractivity contribution is 5.77. The molecule has 0 aliphatic rings. The van der Waals surface area contributed by atoms with E-state index in [0.29, 0.717) is 5.39 Å². The third kappa shape index (κ3) is 3.01. The molecule has 0 saturated carbocycles. The molecule has 0 fully saturated rings. The third-order valence-electron chi connectivity index (χ3n) is 3.61. The molecule has 4 heteroatoms. The molecule has 106 valence electrons. The van der Waals surface area contributed by atoms with Gasteiger partial charge in [0.1, 0.15) is 12.6 Å². The number of quaternary nitrogens is 1. The van der Waals surface area contributed by atoms with E-state index in [0.717, 1.165) is 17.9 Å². The lowest BCUT2D eigenvalue weighted by molar-refractivity contribution is -0.709. The highest BCUT2D eigenvalue weighted by Crippen LogP contribution is 2.08. The molecule has 0 unspecified atom stereocenters. The van der Waals surface area contributed by atoms with Crippen LogP contribution in [0.4, 0.5) is 0 Å². The summed E-state index contributed by atoms with van der Waals surface area (Å²) in [5, 5.41) is 2.80. The molecule has 0 spiro atoms. The van der Waals surface area contributed by atoms with Gasteiger partial charge in [0, 0.05) is 5.56 Å². The number of aromatic amines is 1. The Kier molecular flexibility index (Phi) is 3.79. The monoisotopic (exact) mass is 280 g/mol. The van der Waals surface area contributed by atoms with Gasteiger partial charge in [0.15, 0.2) is 5.82 Å². The van der Waals surface area contributed by atoms with Crippen molar-refractivity contribution in [1.82, 2.24) is 9.97 Å². The molecule has 0 amide bonds. The molecule has 1 aromatic heterocycles. The summed E-state index contributed by atoms with van der Waals surface area (Å²) in [5.74, 6) is 0.717. The van der Waals surface area contributed by atoms with Gasteiger partial charge in [-0.05, 0) is 19.1 Å². The van der Waals surface area contributed by atoms with E-state index in [4.69, 9.17) is 0 Å². The molecule has 3 rings (SSSR count). The van der Waals surface area contributed by atoms with Gasteiger partial charge >= 0.3 is 0 Å². The first kappa shape index (κ1) is 13.5. The van der Waals surface area contributed by atoms with E-state index < -0.39 is 0 Å². The summed E-state index contributed by atoms with van der Waals surface area (Å²) < 4.78 is 0. The molecule has 0 aliphatic carbocycles. The highest BCUT2D eigenvalue weighted by atomic mass is 16.1. The Morgan fingerprint density at radius 2 is 1.81 bits per heavy atom. The van der Waals surface area contributed by atoms with Crippen LogP contribution in [0.2, 0.25) is 0 Å². The molecule has 3 N–H and O–H groups in total. The van der Waals surface area contributed by atoms with Crippen molar-refractivity contribution in [2.45, 2.75) is 19.5 Å². The van der Waals surface area contributed by atoms with Gasteiger partial charge in [-0.1, -0.05) is 42.5 Å². The van der Waals surface area contributed by atoms with Crippen molar-refractivity contribution in [1.29, 1.82) is 0 Å². The molecule has 1 heterocycles. The van der Waals surface area contributed by atoms with Crippen LogP contribution in [-0.2, 0) is 6.54 Å². The fourth-order valence-electron chi connectivity index (χ4n) is 2.36. The van der Waals surface area contributed by atoms with Crippen molar-refractivity contribution in [3.05, 3.63) is 76.3 Å². The lowest BCUT2D eigenvalue weighted by Gasteiger charge is -2.10. The zero-order valence-corrected chi connectivity index (χ0v) is 11.9. The standard InChI is InChI=1S/C17H17N3O/c1-12(18-11-13-7-3-2-4-8-13)16-19-15-10-6-5-9-14(15)17(21)20-16/h2-10,12,18H,11H2,1H3,(H,19,20,21)/p+1/t12-/m0/s1. The predicted octanol–water partition coefficient (Wildman–Crippen LogP) is 1.75. The Balaban J connectivity index is 1.81. The lowest BCUT2D eigenvalue weighted by Crippen LogP contribution is -2.83. The van der Waals surface area contributed by atoms with Crippen molar-refractivity contribution in [2.75, 3.05) is 0 Å². The smallest absolute Gasteiger partial charge is 0.258 e. The molecule has 0 radical (unpaired) electrons. The number of nitrogens with zero attached hydrogens (tertiary/aromatic N) is 1. The van der Waals surface area contributed by atoms with E-state index in [9.17, 15) is 4.79 Å². The maximum Gasteiger partial charge on any atom is 0.258 e. The van der Waals surface area contributed by atoms with Crippen molar-refractivity contribution < 1.29 is 5.32 Å². The molecule has 2 aromatic carbocycles. The number of fused-ring (bicyclic) bond motifs is 1. The van der Waals surface area contributed by atoms with Crippen LogP contribution in [-0.4, -0.2) is 9.97 Å². The van der Waals surface area contributed by atoms with Crippen molar-refractivity contribution >= 4 is 10.9 Å². The van der Waals surface area contributed by atoms with E-state index in [-0.39, 0.29) is 11.6 Å². The summed E-state index contributed by atoms with van der Waals surface area (Å²) in [6.45, 7) is 2.91. The fourth-order valence-corrected chi connectivity index (χ4v) is 2.36. The van der Waals surface area contributed by atoms with E-state index in [1.807, 2.05) is 36.4 Å². The Morgan fingerprint density at radius 1 is 1.10 bits per heavy atom. The Morgan fingerprint density at radius 3 is 2.62 bits per heavy atom. The summed E-state index contributed by atoms with van der Waals surface area (Å²) in [5.41, 5.74) is 1.93. The maximum absolute atomic E-state index is 12.1. The maximum atomic E-state index is 12.1. The summed E-state index contributed by atoms with van der Waals surface area (Å²) in [4.78, 5) is 19.5. The first-order valence-corrected chi connectivity index (χ1v) is 7.10. The first-order valence-electron chi connectivity index (χ1n) is 7.10. The molecule has 1 atom stereocenters. The van der Waals surface area contributed by atoms with E-state index in [1.165, 1.54) is 5.56 Å². The molecule has 0 saturated heterocycles. The van der Waals surface area contributed by atoms with Gasteiger partial charge in [-0.25, -0.2) is 4.98 Å². The zero-order valence-electron chi connectivity index (χ0n) is 11.9. The molecular formula is C17H18N3O+. The van der Waals surface area contributed by atoms with Gasteiger partial charge in [0.05, 0.1) is 10.9 Å². The lowest BCUT2D eigenvalue weighted by atomic mass is 10.2. The van der Waals surface area contributed by atoms with Crippen LogP contribution >= 0.6 is 0 Å². The summed E-state index contributed by atoms with van der Waals surface area (Å²) in [6, 6.07) is 17.8. The van der Waals surface area contributed by atoms with Crippen LogP contribution in [0, 0.1) is 0 Å². The van der Waals surface area contributed by atoms with E-state index in [1.54, 1.807) is 6.07 Å². The minimum Gasteiger partial charge on any atom is -0.334 e. The van der Waals surface area contributed by atoms with Crippen molar-refractivity contribution in [3.63, 3.8) is 0 Å². The Labute approximate surface area is 122 Å². The molecular weight excluding hydrogens is 262 g/mol. The Bertz CT molecular complexity index is 796. The third-order valence-corrected chi connectivity index (χ3v) is 3.61. The van der Waals surface area contributed by atoms with Crippen LogP contribution in [0.5, 0.6) is 0 Å². The van der Waals surface area contributed by atoms with Crippen LogP contribution < -0.4 is 10.9 Å². The first-order chi connectivity index (χ1) is 10.2. The van der Waals surface area contributed by atoms with Gasteiger partial charge in [-0.3, -0.25) is 4.79 Å². The normalized spacial score (nSPS) is 12.4. The number of benzene rings is 2. The molecule has 4 nitrogen and oxygen atoms in total. The topological polar surface area (TPSA) is 62.4 Å². The number of hydrogen-bond donors (Lipinski definition) is 2. The number of H-pyrrole nitrogens is 1. The van der Waals surface area contributed by atoms with Crippen LogP contribution in [0.3, 0.4) is 0 Å². The highest BCUT2D eigenvalue weighted by Gasteiger charge is 2.13. The molecule has 0 aliphatic heterocycles. The van der Waals surface area contributed by atoms with E-state index >= 15 is 0 Å². The summed E-state index contributed by atoms with van der Waals surface area (Å²) >= 11 is 0. The average molecular weight is 280 g/mol. The van der Waals surface area contributed by atoms with Crippen LogP contribution in [0.15, 0.2) is 59.4 Å². The van der Waals surface area contributed by atoms with E-state index in [2.05, 4.69) is 34.3 Å². The number of nitrogens with one attached hydrogen (secondary N) is 1. The van der Waals surface area contributed by atoms with Gasteiger partial charge in [0.25, 0.3) is 5.56 Å². The van der Waals surface area contributed by atoms with Crippen molar-refractivity contribution in [2.24, 2.45) is 0 Å². The molecule has 21 heavy (non-hydrogen) atoms. The van der Waals surface area contributed by atoms with Gasteiger partial charge in [0.2, 0.25) is 0 Å². The second-order valence-electron chi connectivity index (χ2n) is 5.18. The van der Waals surface area contributed by atoms with Crippen LogP contribution in [0.1, 0.15) is 24.4 Å². The second kappa shape index (κ2) is 5.89. The number of para-hydroxylation sites is 1. The molecule has 0 bridgehead atoms. The number of nitrogens with two attached hydrogens (primary N) is 1. The SMILES string of the molecule is C[C@H]([NH2+]Cc1ccccc1)c1nc2ccccc2c(=O)[nH]1. The summed E-state index contributed by atoms with van der Waals surface area (Å²) in [6.07, 6.45) is 0. The minimum atomic E-state index is -0.0736. The number of hydrogen-bond acceptors (Lipinski definition) is 2. The quantitative estimate of drug-likeness (QED) is 0.765. The second-order valence-corrected chi connectivity index (χ2v) is 5.18. The Hall–Kier alpha value is -2.46. The zero-order chi connectivity index (χ0) is 14.7. The summed E-state index contributed by atoms with van der Waals surface area (Å²) in [7, 11) is 0. The number of rotatable bonds is 4.